The zero-order valence-electron chi connectivity index (χ0n) is 16.6. The molecule has 3 aliphatic rings. The van der Waals surface area contributed by atoms with Crippen LogP contribution in [0, 0.1) is 6.92 Å². The zero-order chi connectivity index (χ0) is 19.7. The van der Waals surface area contributed by atoms with E-state index in [0.29, 0.717) is 32.8 Å². The van der Waals surface area contributed by atoms with E-state index >= 15 is 0 Å². The highest BCUT2D eigenvalue weighted by Crippen LogP contribution is 2.28. The predicted octanol–water partition coefficient (Wildman–Crippen LogP) is 0.879. The van der Waals surface area contributed by atoms with Crippen molar-refractivity contribution in [1.82, 2.24) is 10.2 Å². The van der Waals surface area contributed by atoms with Crippen LogP contribution in [0.1, 0.15) is 24.5 Å². The fourth-order valence-corrected chi connectivity index (χ4v) is 4.43. The van der Waals surface area contributed by atoms with Gasteiger partial charge in [0, 0.05) is 32.2 Å². The van der Waals surface area contributed by atoms with E-state index in [9.17, 15) is 9.59 Å². The second-order valence-electron chi connectivity index (χ2n) is 8.12. The third-order valence-corrected chi connectivity index (χ3v) is 5.73. The molecular formula is C21H29N3O4. The van der Waals surface area contributed by atoms with E-state index in [1.165, 1.54) is 18.1 Å². The molecule has 2 atom stereocenters. The van der Waals surface area contributed by atoms with Crippen LogP contribution in [-0.2, 0) is 25.5 Å². The van der Waals surface area contributed by atoms with Crippen molar-refractivity contribution in [2.75, 3.05) is 44.3 Å². The molecule has 1 aromatic rings. The highest BCUT2D eigenvalue weighted by molar-refractivity contribution is 5.96. The van der Waals surface area contributed by atoms with Gasteiger partial charge in [-0.15, -0.1) is 0 Å². The molecule has 3 heterocycles. The van der Waals surface area contributed by atoms with E-state index in [4.69, 9.17) is 9.47 Å². The number of ether oxygens (including phenoxy) is 2. The summed E-state index contributed by atoms with van der Waals surface area (Å²) in [5.74, 6) is 0.0610. The second-order valence-corrected chi connectivity index (χ2v) is 8.12. The topological polar surface area (TPSA) is 71.1 Å². The summed E-state index contributed by atoms with van der Waals surface area (Å²) in [5.41, 5.74) is 3.56. The van der Waals surface area contributed by atoms with Crippen molar-refractivity contribution < 1.29 is 19.1 Å². The van der Waals surface area contributed by atoms with Crippen LogP contribution in [0.5, 0.6) is 0 Å². The van der Waals surface area contributed by atoms with Crippen LogP contribution in [0.2, 0.25) is 0 Å². The highest BCUT2D eigenvalue weighted by Gasteiger charge is 2.38. The van der Waals surface area contributed by atoms with Crippen LogP contribution in [-0.4, -0.2) is 74.4 Å². The van der Waals surface area contributed by atoms with E-state index in [-0.39, 0.29) is 30.1 Å². The molecular weight excluding hydrogens is 358 g/mol. The van der Waals surface area contributed by atoms with Gasteiger partial charge >= 0.3 is 0 Å². The Morgan fingerprint density at radius 2 is 1.89 bits per heavy atom. The molecule has 28 heavy (non-hydrogen) atoms. The third-order valence-electron chi connectivity index (χ3n) is 5.73. The maximum atomic E-state index is 13.0. The van der Waals surface area contributed by atoms with Gasteiger partial charge in [-0.2, -0.15) is 0 Å². The molecule has 1 aromatic carbocycles. The molecule has 2 amide bonds. The Morgan fingerprint density at radius 1 is 1.18 bits per heavy atom. The van der Waals surface area contributed by atoms with Crippen LogP contribution < -0.4 is 10.2 Å². The summed E-state index contributed by atoms with van der Waals surface area (Å²) in [6.07, 6.45) is 1.93. The van der Waals surface area contributed by atoms with Crippen LogP contribution in [0.25, 0.3) is 0 Å². The number of rotatable bonds is 3. The minimum Gasteiger partial charge on any atom is -0.372 e. The summed E-state index contributed by atoms with van der Waals surface area (Å²) in [6.45, 7) is 6.99. The highest BCUT2D eigenvalue weighted by atomic mass is 16.6. The Labute approximate surface area is 166 Å². The van der Waals surface area contributed by atoms with Gasteiger partial charge in [0.15, 0.2) is 0 Å². The van der Waals surface area contributed by atoms with E-state index < -0.39 is 0 Å². The summed E-state index contributed by atoms with van der Waals surface area (Å²) in [4.78, 5) is 28.3. The standard InChI is InChI=1S/C21H29N3O4/c1-14-5-6-18-16(8-14)4-3-7-24(18)21(26)11-23-9-19-20(10-23)28-13-17(12-27-19)22-15(2)25/h5-6,8,17,19-20H,3-4,7,9-13H2,1-2H3,(H,22,25)/t19-,20-/m0/s1. The number of amides is 2. The number of hydrogen-bond donors (Lipinski definition) is 1. The molecule has 0 aliphatic carbocycles. The SMILES string of the molecule is CC(=O)NC1CO[C@H]2CN(CC(=O)N3CCCc4cc(C)ccc43)C[C@@H]2OC1. The van der Waals surface area contributed by atoms with Gasteiger partial charge in [0.05, 0.1) is 38.0 Å². The number of carbonyl (C=O) groups is 2. The number of hydrogen-bond acceptors (Lipinski definition) is 5. The molecule has 0 radical (unpaired) electrons. The lowest BCUT2D eigenvalue weighted by Gasteiger charge is -2.31. The number of likely N-dealkylation sites (tertiary alicyclic amines) is 1. The van der Waals surface area contributed by atoms with Crippen molar-refractivity contribution in [3.8, 4) is 0 Å². The smallest absolute Gasteiger partial charge is 0.241 e. The maximum Gasteiger partial charge on any atom is 0.241 e. The average molecular weight is 387 g/mol. The van der Waals surface area contributed by atoms with E-state index in [2.05, 4.69) is 35.3 Å². The summed E-state index contributed by atoms with van der Waals surface area (Å²) in [5, 5.41) is 2.85. The first kappa shape index (κ1) is 19.4. The van der Waals surface area contributed by atoms with Crippen molar-refractivity contribution >= 4 is 17.5 Å². The molecule has 0 unspecified atom stereocenters. The van der Waals surface area contributed by atoms with Gasteiger partial charge < -0.3 is 19.7 Å². The summed E-state index contributed by atoms with van der Waals surface area (Å²) < 4.78 is 11.9. The first-order chi connectivity index (χ1) is 13.5. The first-order valence-electron chi connectivity index (χ1n) is 10.1. The number of carbonyl (C=O) groups excluding carboxylic acids is 2. The van der Waals surface area contributed by atoms with Gasteiger partial charge in [-0.05, 0) is 31.4 Å². The Balaban J connectivity index is 1.35. The Bertz CT molecular complexity index is 737. The predicted molar refractivity (Wildman–Crippen MR) is 105 cm³/mol. The van der Waals surface area contributed by atoms with Gasteiger partial charge in [-0.25, -0.2) is 0 Å². The van der Waals surface area contributed by atoms with Crippen molar-refractivity contribution in [2.24, 2.45) is 0 Å². The largest absolute Gasteiger partial charge is 0.372 e. The molecule has 0 spiro atoms. The summed E-state index contributed by atoms with van der Waals surface area (Å²) >= 11 is 0. The second kappa shape index (κ2) is 8.19. The van der Waals surface area contributed by atoms with Gasteiger partial charge in [-0.3, -0.25) is 14.5 Å². The lowest BCUT2D eigenvalue weighted by Crippen LogP contribution is -2.43. The Morgan fingerprint density at radius 3 is 2.57 bits per heavy atom. The number of nitrogens with zero attached hydrogens (tertiary/aromatic N) is 2. The average Bonchev–Trinajstić information content (AvgIpc) is 2.95. The van der Waals surface area contributed by atoms with Gasteiger partial charge in [0.2, 0.25) is 11.8 Å². The molecule has 7 nitrogen and oxygen atoms in total. The first-order valence-corrected chi connectivity index (χ1v) is 10.1. The van der Waals surface area contributed by atoms with Crippen molar-refractivity contribution in [1.29, 1.82) is 0 Å². The molecule has 2 saturated heterocycles. The number of nitrogens with one attached hydrogen (secondary N) is 1. The Hall–Kier alpha value is -1.96. The molecule has 1 N–H and O–H groups in total. The quantitative estimate of drug-likeness (QED) is 0.834. The number of fused-ring (bicyclic) bond motifs is 2. The molecule has 0 saturated carbocycles. The van der Waals surface area contributed by atoms with Crippen LogP contribution in [0.4, 0.5) is 5.69 Å². The van der Waals surface area contributed by atoms with Gasteiger partial charge in [0.1, 0.15) is 0 Å². The fourth-order valence-electron chi connectivity index (χ4n) is 4.43. The minimum absolute atomic E-state index is 0.0529. The zero-order valence-corrected chi connectivity index (χ0v) is 16.6. The molecule has 2 fully saturated rings. The van der Waals surface area contributed by atoms with Crippen LogP contribution >= 0.6 is 0 Å². The number of anilines is 1. The minimum atomic E-state index is -0.105. The monoisotopic (exact) mass is 387 g/mol. The normalized spacial score (nSPS) is 25.7. The molecule has 7 heteroatoms. The van der Waals surface area contributed by atoms with Gasteiger partial charge in [-0.1, -0.05) is 17.7 Å². The third kappa shape index (κ3) is 4.21. The molecule has 3 aliphatic heterocycles. The van der Waals surface area contributed by atoms with E-state index in [1.54, 1.807) is 0 Å². The van der Waals surface area contributed by atoms with Crippen LogP contribution in [0.15, 0.2) is 18.2 Å². The lowest BCUT2D eigenvalue weighted by molar-refractivity contribution is -0.121. The number of aryl methyl sites for hydroxylation is 2. The summed E-state index contributed by atoms with van der Waals surface area (Å²) in [6, 6.07) is 6.23. The molecule has 0 bridgehead atoms. The van der Waals surface area contributed by atoms with E-state index in [1.807, 2.05) is 4.90 Å². The van der Waals surface area contributed by atoms with E-state index in [0.717, 1.165) is 25.1 Å². The fraction of sp³-hybridized carbons (Fsp3) is 0.619. The lowest BCUT2D eigenvalue weighted by atomic mass is 9.99. The Kier molecular flexibility index (Phi) is 5.66. The summed E-state index contributed by atoms with van der Waals surface area (Å²) in [7, 11) is 0. The van der Waals surface area contributed by atoms with Crippen LogP contribution in [0.3, 0.4) is 0 Å². The maximum absolute atomic E-state index is 13.0. The molecule has 4 rings (SSSR count). The van der Waals surface area contributed by atoms with Crippen molar-refractivity contribution in [3.05, 3.63) is 29.3 Å². The van der Waals surface area contributed by atoms with Crippen molar-refractivity contribution in [2.45, 2.75) is 44.9 Å². The molecule has 0 aromatic heterocycles. The van der Waals surface area contributed by atoms with Crippen molar-refractivity contribution in [3.63, 3.8) is 0 Å². The number of benzene rings is 1. The van der Waals surface area contributed by atoms with Gasteiger partial charge in [0.25, 0.3) is 0 Å². The molecule has 152 valence electrons.